The van der Waals surface area contributed by atoms with Crippen LogP contribution in [0.5, 0.6) is 5.75 Å². The number of hydrogen-bond donors (Lipinski definition) is 2. The Morgan fingerprint density at radius 2 is 1.97 bits per heavy atom. The largest absolute Gasteiger partial charge is 0.494 e. The van der Waals surface area contributed by atoms with E-state index < -0.39 is 5.82 Å². The first-order valence-electron chi connectivity index (χ1n) is 11.9. The number of anilines is 3. The second kappa shape index (κ2) is 9.67. The van der Waals surface area contributed by atoms with Crippen molar-refractivity contribution in [1.82, 2.24) is 15.0 Å². The van der Waals surface area contributed by atoms with Crippen LogP contribution in [0, 0.1) is 5.82 Å². The van der Waals surface area contributed by atoms with Gasteiger partial charge in [-0.1, -0.05) is 0 Å². The highest BCUT2D eigenvalue weighted by Crippen LogP contribution is 2.40. The van der Waals surface area contributed by atoms with E-state index in [1.807, 2.05) is 25.4 Å². The number of aromatic nitrogens is 3. The van der Waals surface area contributed by atoms with Gasteiger partial charge >= 0.3 is 0 Å². The molecular formula is C26H29FN6O. The molecule has 0 unspecified atom stereocenters. The van der Waals surface area contributed by atoms with Crippen molar-refractivity contribution in [2.75, 3.05) is 35.6 Å². The fraction of sp³-hybridized carbons (Fsp3) is 0.346. The number of allylic oxidation sites excluding steroid dienone is 1. The number of nitrogens with one attached hydrogen (secondary N) is 1. The fourth-order valence-corrected chi connectivity index (χ4v) is 4.31. The first-order valence-corrected chi connectivity index (χ1v) is 11.9. The molecule has 0 amide bonds. The molecule has 0 spiro atoms. The van der Waals surface area contributed by atoms with E-state index in [2.05, 4.69) is 20.2 Å². The van der Waals surface area contributed by atoms with Crippen molar-refractivity contribution >= 4 is 22.8 Å². The van der Waals surface area contributed by atoms with Crippen LogP contribution in [0.3, 0.4) is 0 Å². The lowest BCUT2D eigenvalue weighted by Crippen LogP contribution is -2.30. The summed E-state index contributed by atoms with van der Waals surface area (Å²) in [7, 11) is 0. The van der Waals surface area contributed by atoms with Crippen molar-refractivity contribution in [2.24, 2.45) is 0 Å². The molecule has 1 saturated carbocycles. The molecule has 34 heavy (non-hydrogen) atoms. The van der Waals surface area contributed by atoms with Gasteiger partial charge in [0.2, 0.25) is 0 Å². The number of nitrogens with zero attached hydrogens (tertiary/aromatic N) is 4. The molecule has 8 heteroatoms. The van der Waals surface area contributed by atoms with Crippen LogP contribution in [-0.4, -0.2) is 34.6 Å². The smallest absolute Gasteiger partial charge is 0.163 e. The maximum atomic E-state index is 14.7. The van der Waals surface area contributed by atoms with Crippen LogP contribution >= 0.6 is 0 Å². The second-order valence-corrected chi connectivity index (χ2v) is 8.62. The van der Waals surface area contributed by atoms with E-state index in [-0.39, 0.29) is 11.4 Å². The summed E-state index contributed by atoms with van der Waals surface area (Å²) in [5, 5.41) is 3.58. The maximum absolute atomic E-state index is 14.7. The van der Waals surface area contributed by atoms with Crippen LogP contribution in [0.1, 0.15) is 44.7 Å². The Morgan fingerprint density at radius 3 is 2.74 bits per heavy atom. The SMILES string of the molecule is CCOc1ccc(F)c(-c2ncc(N)c(C(Nc3cnccc3N3CCCCC3)=C3CC3)n2)c1. The molecular weight excluding hydrogens is 431 g/mol. The van der Waals surface area contributed by atoms with Gasteiger partial charge in [-0.05, 0) is 68.9 Å². The number of hydrogen-bond acceptors (Lipinski definition) is 7. The van der Waals surface area contributed by atoms with Gasteiger partial charge in [-0.15, -0.1) is 0 Å². The Balaban J connectivity index is 1.52. The Labute approximate surface area is 198 Å². The van der Waals surface area contributed by atoms with Crippen molar-refractivity contribution in [3.05, 3.63) is 59.9 Å². The van der Waals surface area contributed by atoms with Crippen LogP contribution in [0.15, 0.2) is 48.4 Å². The highest BCUT2D eigenvalue weighted by Gasteiger charge is 2.25. The van der Waals surface area contributed by atoms with Crippen LogP contribution in [-0.2, 0) is 0 Å². The van der Waals surface area contributed by atoms with Gasteiger partial charge in [-0.3, -0.25) is 4.98 Å². The summed E-state index contributed by atoms with van der Waals surface area (Å²) in [6.45, 7) is 4.43. The summed E-state index contributed by atoms with van der Waals surface area (Å²) >= 11 is 0. The Kier molecular flexibility index (Phi) is 6.29. The van der Waals surface area contributed by atoms with E-state index >= 15 is 0 Å². The molecule has 3 aromatic rings. The normalized spacial score (nSPS) is 15.2. The molecule has 3 heterocycles. The Bertz CT molecular complexity index is 1220. The molecule has 1 saturated heterocycles. The second-order valence-electron chi connectivity index (χ2n) is 8.62. The summed E-state index contributed by atoms with van der Waals surface area (Å²) in [6.07, 6.45) is 10.8. The molecule has 0 bridgehead atoms. The minimum absolute atomic E-state index is 0.270. The van der Waals surface area contributed by atoms with Gasteiger partial charge in [0.25, 0.3) is 0 Å². The molecule has 0 radical (unpaired) electrons. The number of nitrogen functional groups attached to an aromatic ring is 1. The van der Waals surface area contributed by atoms with E-state index in [0.29, 0.717) is 23.7 Å². The number of ether oxygens (including phenoxy) is 1. The lowest BCUT2D eigenvalue weighted by atomic mass is 10.1. The average molecular weight is 461 g/mol. The van der Waals surface area contributed by atoms with Gasteiger partial charge in [-0.2, -0.15) is 0 Å². The zero-order chi connectivity index (χ0) is 23.5. The molecule has 1 aromatic carbocycles. The number of nitrogens with two attached hydrogens (primary N) is 1. The standard InChI is InChI=1S/C26H29FN6O/c1-2-34-18-8-9-20(27)19(14-18)26-30-15-21(28)25(32-26)24(17-6-7-17)31-22-16-29-11-10-23(22)33-12-4-3-5-13-33/h8-11,14-16,31H,2-7,12-13,28H2,1H3. The van der Waals surface area contributed by atoms with E-state index in [0.717, 1.165) is 43.0 Å². The third-order valence-corrected chi connectivity index (χ3v) is 6.15. The minimum Gasteiger partial charge on any atom is -0.494 e. The molecule has 5 rings (SSSR count). The molecule has 2 aliphatic rings. The summed E-state index contributed by atoms with van der Waals surface area (Å²) in [4.78, 5) is 15.8. The van der Waals surface area contributed by atoms with Gasteiger partial charge < -0.3 is 20.7 Å². The highest BCUT2D eigenvalue weighted by atomic mass is 19.1. The number of piperidine rings is 1. The molecule has 2 aromatic heterocycles. The van der Waals surface area contributed by atoms with Crippen LogP contribution in [0.25, 0.3) is 17.1 Å². The average Bonchev–Trinajstić information content (AvgIpc) is 3.71. The van der Waals surface area contributed by atoms with Crippen LogP contribution in [0.4, 0.5) is 21.5 Å². The van der Waals surface area contributed by atoms with E-state index in [4.69, 9.17) is 15.5 Å². The summed E-state index contributed by atoms with van der Waals surface area (Å²) < 4.78 is 20.2. The number of halogens is 1. The Morgan fingerprint density at radius 1 is 1.15 bits per heavy atom. The third kappa shape index (κ3) is 4.66. The summed E-state index contributed by atoms with van der Waals surface area (Å²) in [6, 6.07) is 6.65. The zero-order valence-electron chi connectivity index (χ0n) is 19.4. The van der Waals surface area contributed by atoms with Crippen LogP contribution < -0.4 is 20.7 Å². The highest BCUT2D eigenvalue weighted by molar-refractivity contribution is 5.88. The first kappa shape index (κ1) is 22.1. The minimum atomic E-state index is -0.410. The number of pyridine rings is 1. The van der Waals surface area contributed by atoms with E-state index in [9.17, 15) is 4.39 Å². The fourth-order valence-electron chi connectivity index (χ4n) is 4.31. The van der Waals surface area contributed by atoms with Crippen molar-refractivity contribution < 1.29 is 9.13 Å². The Hall–Kier alpha value is -3.68. The lowest BCUT2D eigenvalue weighted by molar-refractivity contribution is 0.340. The monoisotopic (exact) mass is 460 g/mol. The molecule has 0 atom stereocenters. The summed E-state index contributed by atoms with van der Waals surface area (Å²) in [5.74, 6) is 0.431. The molecule has 2 fully saturated rings. The number of benzene rings is 1. The van der Waals surface area contributed by atoms with Gasteiger partial charge in [0.15, 0.2) is 5.82 Å². The molecule has 3 N–H and O–H groups in total. The molecule has 1 aliphatic heterocycles. The van der Waals surface area contributed by atoms with Gasteiger partial charge in [0, 0.05) is 19.3 Å². The summed E-state index contributed by atoms with van der Waals surface area (Å²) in [5.41, 5.74) is 11.8. The van der Waals surface area contributed by atoms with Crippen molar-refractivity contribution in [3.8, 4) is 17.1 Å². The van der Waals surface area contributed by atoms with E-state index in [1.165, 1.54) is 30.9 Å². The third-order valence-electron chi connectivity index (χ3n) is 6.15. The predicted molar refractivity (Wildman–Crippen MR) is 133 cm³/mol. The van der Waals surface area contributed by atoms with E-state index in [1.54, 1.807) is 18.3 Å². The van der Waals surface area contributed by atoms with Crippen molar-refractivity contribution in [3.63, 3.8) is 0 Å². The van der Waals surface area contributed by atoms with Gasteiger partial charge in [-0.25, -0.2) is 14.4 Å². The molecule has 176 valence electrons. The zero-order valence-corrected chi connectivity index (χ0v) is 19.4. The van der Waals surface area contributed by atoms with Crippen LogP contribution in [0.2, 0.25) is 0 Å². The topological polar surface area (TPSA) is 89.2 Å². The molecule has 7 nitrogen and oxygen atoms in total. The first-order chi connectivity index (χ1) is 16.6. The quantitative estimate of drug-likeness (QED) is 0.497. The van der Waals surface area contributed by atoms with Gasteiger partial charge in [0.05, 0.1) is 47.3 Å². The predicted octanol–water partition coefficient (Wildman–Crippen LogP) is 5.27. The maximum Gasteiger partial charge on any atom is 0.163 e. The lowest BCUT2D eigenvalue weighted by Gasteiger charge is -2.30. The molecule has 1 aliphatic carbocycles. The van der Waals surface area contributed by atoms with Crippen molar-refractivity contribution in [2.45, 2.75) is 39.0 Å². The van der Waals surface area contributed by atoms with Crippen molar-refractivity contribution in [1.29, 1.82) is 0 Å². The van der Waals surface area contributed by atoms with Gasteiger partial charge in [0.1, 0.15) is 17.3 Å². The number of rotatable bonds is 7.